The zero-order chi connectivity index (χ0) is 38.7. The van der Waals surface area contributed by atoms with E-state index in [1.165, 1.54) is 12.2 Å². The predicted octanol–water partition coefficient (Wildman–Crippen LogP) is 7.63. The summed E-state index contributed by atoms with van der Waals surface area (Å²) in [6.45, 7) is 1.37. The van der Waals surface area contributed by atoms with Gasteiger partial charge in [0, 0.05) is 38.3 Å². The van der Waals surface area contributed by atoms with Gasteiger partial charge in [0.15, 0.2) is 23.0 Å². The molecule has 10 nitrogen and oxygen atoms in total. The monoisotopic (exact) mass is 732 g/mol. The van der Waals surface area contributed by atoms with Gasteiger partial charge in [-0.25, -0.2) is 0 Å². The second-order valence-corrected chi connectivity index (χ2v) is 11.8. The first-order valence-electron chi connectivity index (χ1n) is 17.3. The first-order chi connectivity index (χ1) is 26.3. The normalized spacial score (nSPS) is 11.3. The van der Waals surface area contributed by atoms with Gasteiger partial charge in [-0.15, -0.1) is 0 Å². The van der Waals surface area contributed by atoms with Crippen LogP contribution in [0.15, 0.2) is 121 Å². The number of amides is 2. The number of nitrogens with zero attached hydrogens (tertiary/aromatic N) is 2. The molecule has 0 radical (unpaired) electrons. The van der Waals surface area contributed by atoms with Crippen LogP contribution in [-0.2, 0) is 22.7 Å². The number of methoxy groups -OCH3 is 6. The van der Waals surface area contributed by atoms with E-state index in [4.69, 9.17) is 28.4 Å². The molecule has 0 atom stereocenters. The summed E-state index contributed by atoms with van der Waals surface area (Å²) in [5.74, 6) is 2.75. The predicted molar refractivity (Wildman–Crippen MR) is 212 cm³/mol. The highest BCUT2D eigenvalue weighted by Crippen LogP contribution is 2.39. The maximum atomic E-state index is 13.7. The molecule has 0 aliphatic heterocycles. The van der Waals surface area contributed by atoms with Gasteiger partial charge in [-0.2, -0.15) is 0 Å². The van der Waals surface area contributed by atoms with Gasteiger partial charge in [0.05, 0.1) is 42.7 Å². The summed E-state index contributed by atoms with van der Waals surface area (Å²) in [5, 5.41) is 0. The average Bonchev–Trinajstić information content (AvgIpc) is 3.21. The fourth-order valence-electron chi connectivity index (χ4n) is 5.60. The highest BCUT2D eigenvalue weighted by Gasteiger charge is 2.17. The minimum Gasteiger partial charge on any atom is -0.493 e. The third-order valence-corrected chi connectivity index (χ3v) is 8.35. The lowest BCUT2D eigenvalue weighted by molar-refractivity contribution is -0.130. The smallest absolute Gasteiger partial charge is 0.246 e. The molecular formula is C44H48N2O8. The lowest BCUT2D eigenvalue weighted by Crippen LogP contribution is -2.39. The van der Waals surface area contributed by atoms with E-state index < -0.39 is 0 Å². The summed E-state index contributed by atoms with van der Waals surface area (Å²) < 4.78 is 32.7. The van der Waals surface area contributed by atoms with E-state index in [0.29, 0.717) is 60.7 Å². The minimum absolute atomic E-state index is 0.190. The highest BCUT2D eigenvalue weighted by molar-refractivity contribution is 5.89. The maximum Gasteiger partial charge on any atom is 0.246 e. The van der Waals surface area contributed by atoms with E-state index >= 15 is 0 Å². The Morgan fingerprint density at radius 3 is 1.11 bits per heavy atom. The van der Waals surface area contributed by atoms with Crippen LogP contribution >= 0.6 is 0 Å². The molecule has 4 rings (SSSR count). The van der Waals surface area contributed by atoms with Crippen molar-refractivity contribution in [3.05, 3.63) is 144 Å². The Bertz CT molecular complexity index is 1750. The number of carbonyl (C=O) groups excluding carboxylic acids is 2. The maximum absolute atomic E-state index is 13.7. The van der Waals surface area contributed by atoms with Crippen LogP contribution in [0.2, 0.25) is 0 Å². The molecule has 4 aromatic carbocycles. The number of hydrogen-bond acceptors (Lipinski definition) is 8. The molecule has 0 saturated heterocycles. The van der Waals surface area contributed by atoms with Crippen LogP contribution in [0.1, 0.15) is 22.3 Å². The molecule has 0 unspecified atom stereocenters. The fraction of sp³-hybridized carbons (Fsp3) is 0.227. The Morgan fingerprint density at radius 2 is 0.815 bits per heavy atom. The van der Waals surface area contributed by atoms with Crippen molar-refractivity contribution in [2.24, 2.45) is 0 Å². The third kappa shape index (κ3) is 11.5. The van der Waals surface area contributed by atoms with Crippen LogP contribution in [-0.4, -0.2) is 77.4 Å². The molecule has 10 heteroatoms. The quantitative estimate of drug-likeness (QED) is 0.0718. The summed E-state index contributed by atoms with van der Waals surface area (Å²) >= 11 is 0. The molecule has 282 valence electrons. The zero-order valence-corrected chi connectivity index (χ0v) is 31.7. The van der Waals surface area contributed by atoms with Crippen LogP contribution in [0.3, 0.4) is 0 Å². The van der Waals surface area contributed by atoms with Crippen LogP contribution in [0.25, 0.3) is 12.2 Å². The zero-order valence-electron chi connectivity index (χ0n) is 31.7. The molecule has 0 N–H and O–H groups in total. The molecule has 54 heavy (non-hydrogen) atoms. The minimum atomic E-state index is -0.190. The van der Waals surface area contributed by atoms with Crippen molar-refractivity contribution in [1.82, 2.24) is 9.80 Å². The van der Waals surface area contributed by atoms with E-state index in [0.717, 1.165) is 22.3 Å². The second-order valence-electron chi connectivity index (χ2n) is 11.8. The van der Waals surface area contributed by atoms with Crippen molar-refractivity contribution in [1.29, 1.82) is 0 Å². The Kier molecular flexibility index (Phi) is 15.8. The Labute approximate surface area is 318 Å². The van der Waals surface area contributed by atoms with Gasteiger partial charge in [-0.1, -0.05) is 97.1 Å². The lowest BCUT2D eigenvalue weighted by atomic mass is 10.1. The van der Waals surface area contributed by atoms with E-state index in [-0.39, 0.29) is 11.8 Å². The van der Waals surface area contributed by atoms with Crippen molar-refractivity contribution in [2.75, 3.05) is 55.7 Å². The van der Waals surface area contributed by atoms with Crippen LogP contribution in [0, 0.1) is 0 Å². The first kappa shape index (κ1) is 40.4. The molecule has 0 fully saturated rings. The third-order valence-electron chi connectivity index (χ3n) is 8.35. The van der Waals surface area contributed by atoms with E-state index in [1.54, 1.807) is 76.8 Å². The number of allylic oxidation sites excluding steroid dienone is 4. The molecule has 2 amide bonds. The second kappa shape index (κ2) is 21.2. The summed E-state index contributed by atoms with van der Waals surface area (Å²) in [4.78, 5) is 30.8. The summed E-state index contributed by atoms with van der Waals surface area (Å²) in [6, 6.07) is 26.8. The van der Waals surface area contributed by atoms with Crippen LogP contribution in [0.4, 0.5) is 0 Å². The van der Waals surface area contributed by atoms with Crippen LogP contribution < -0.4 is 28.4 Å². The van der Waals surface area contributed by atoms with Crippen LogP contribution in [0.5, 0.6) is 34.5 Å². The van der Waals surface area contributed by atoms with Gasteiger partial charge in [-0.3, -0.25) is 9.59 Å². The van der Waals surface area contributed by atoms with Gasteiger partial charge >= 0.3 is 0 Å². The number of rotatable bonds is 19. The van der Waals surface area contributed by atoms with Crippen molar-refractivity contribution in [3.63, 3.8) is 0 Å². The topological polar surface area (TPSA) is 96.0 Å². The standard InChI is InChI=1S/C44H48N2O8/c1-49-37-27-35(28-38(50-2)43(37)53-5)21-13-15-23-41(47)45(31-33-17-9-7-10-18-33)25-26-46(32-34-19-11-8-12-20-34)42(48)24-16-14-22-36-29-39(51-3)44(54-6)40(30-36)52-4/h7-24,27-30H,25-26,31-32H2,1-6H3/b21-13+,22-14+,23-15+,24-16+. The van der Waals surface area contributed by atoms with Gasteiger partial charge in [-0.05, 0) is 46.5 Å². The van der Waals surface area contributed by atoms with E-state index in [9.17, 15) is 9.59 Å². The Morgan fingerprint density at radius 1 is 0.481 bits per heavy atom. The summed E-state index contributed by atoms with van der Waals surface area (Å²) in [5.41, 5.74) is 3.57. The highest BCUT2D eigenvalue weighted by atomic mass is 16.5. The largest absolute Gasteiger partial charge is 0.493 e. The molecule has 4 aromatic rings. The Balaban J connectivity index is 1.52. The number of carbonyl (C=O) groups is 2. The first-order valence-corrected chi connectivity index (χ1v) is 17.3. The molecule has 0 saturated carbocycles. The fourth-order valence-corrected chi connectivity index (χ4v) is 5.60. The Hall–Kier alpha value is -6.42. The SMILES string of the molecule is COc1cc(/C=C/C=C/C(=O)N(CCN(Cc2ccccc2)C(=O)/C=C/C=C/c2cc(OC)c(OC)c(OC)c2)Cc2ccccc2)cc(OC)c1OC. The molecular weight excluding hydrogens is 684 g/mol. The molecule has 0 spiro atoms. The average molecular weight is 733 g/mol. The number of benzene rings is 4. The van der Waals surface area contributed by atoms with E-state index in [1.807, 2.05) is 97.1 Å². The molecule has 0 aromatic heterocycles. The van der Waals surface area contributed by atoms with Gasteiger partial charge in [0.2, 0.25) is 23.3 Å². The van der Waals surface area contributed by atoms with Gasteiger partial charge in [0.1, 0.15) is 0 Å². The van der Waals surface area contributed by atoms with Gasteiger partial charge in [0.25, 0.3) is 0 Å². The number of hydrogen-bond donors (Lipinski definition) is 0. The van der Waals surface area contributed by atoms with Gasteiger partial charge < -0.3 is 38.2 Å². The van der Waals surface area contributed by atoms with Crippen molar-refractivity contribution in [2.45, 2.75) is 13.1 Å². The number of ether oxygens (including phenoxy) is 6. The molecule has 0 aliphatic rings. The van der Waals surface area contributed by atoms with Crippen molar-refractivity contribution in [3.8, 4) is 34.5 Å². The summed E-state index contributed by atoms with van der Waals surface area (Å²) in [7, 11) is 9.35. The van der Waals surface area contributed by atoms with E-state index in [2.05, 4.69) is 0 Å². The van der Waals surface area contributed by atoms with Crippen molar-refractivity contribution < 1.29 is 38.0 Å². The van der Waals surface area contributed by atoms with Crippen molar-refractivity contribution >= 4 is 24.0 Å². The molecule has 0 bridgehead atoms. The summed E-state index contributed by atoms with van der Waals surface area (Å²) in [6.07, 6.45) is 13.7. The molecule has 0 aliphatic carbocycles. The molecule has 0 heterocycles. The lowest BCUT2D eigenvalue weighted by Gasteiger charge is -2.27.